The van der Waals surface area contributed by atoms with Crippen molar-refractivity contribution in [3.8, 4) is 0 Å². The number of benzene rings is 1. The van der Waals surface area contributed by atoms with Crippen LogP contribution in [0.2, 0.25) is 5.02 Å². The van der Waals surface area contributed by atoms with Gasteiger partial charge < -0.3 is 15.0 Å². The highest BCUT2D eigenvalue weighted by Gasteiger charge is 2.23. The number of carbonyl (C=O) groups excluding carboxylic acids is 2. The lowest BCUT2D eigenvalue weighted by molar-refractivity contribution is -0.122. The molecule has 1 N–H and O–H groups in total. The van der Waals surface area contributed by atoms with E-state index in [0.29, 0.717) is 31.0 Å². The first kappa shape index (κ1) is 16.6. The Morgan fingerprint density at radius 2 is 1.91 bits per heavy atom. The van der Waals surface area contributed by atoms with Gasteiger partial charge in [-0.25, -0.2) is 4.79 Å². The van der Waals surface area contributed by atoms with Gasteiger partial charge in [-0.1, -0.05) is 23.7 Å². The number of hydrogen-bond donors (Lipinski definition) is 1. The van der Waals surface area contributed by atoms with Gasteiger partial charge in [-0.15, -0.1) is 0 Å². The molecule has 5 nitrogen and oxygen atoms in total. The van der Waals surface area contributed by atoms with Crippen LogP contribution in [0.25, 0.3) is 0 Å². The summed E-state index contributed by atoms with van der Waals surface area (Å²) in [5.74, 6) is 0.0477. The largest absolute Gasteiger partial charge is 0.453 e. The summed E-state index contributed by atoms with van der Waals surface area (Å²) in [6.45, 7) is 1.24. The topological polar surface area (TPSA) is 58.6 Å². The molecule has 0 atom stereocenters. The number of nitrogens with one attached hydrogen (secondary N) is 1. The van der Waals surface area contributed by atoms with Gasteiger partial charge in [0.1, 0.15) is 0 Å². The molecular weight excluding hydrogens is 304 g/mol. The normalized spacial score (nSPS) is 15.5. The number of aryl methyl sites for hydroxylation is 1. The van der Waals surface area contributed by atoms with E-state index in [4.69, 9.17) is 16.3 Å². The molecule has 1 aromatic rings. The van der Waals surface area contributed by atoms with E-state index in [1.807, 2.05) is 24.3 Å². The van der Waals surface area contributed by atoms with E-state index in [1.54, 1.807) is 4.90 Å². The molecule has 2 amide bonds. The molecular formula is C16H21ClN2O3. The van der Waals surface area contributed by atoms with Crippen LogP contribution in [-0.2, 0) is 16.0 Å². The predicted molar refractivity (Wildman–Crippen MR) is 84.9 cm³/mol. The number of amides is 2. The number of nitrogens with zero attached hydrogens (tertiary/aromatic N) is 1. The van der Waals surface area contributed by atoms with E-state index < -0.39 is 0 Å². The minimum atomic E-state index is -0.299. The van der Waals surface area contributed by atoms with E-state index >= 15 is 0 Å². The number of methoxy groups -OCH3 is 1. The molecule has 1 fully saturated rings. The molecule has 2 rings (SSSR count). The molecule has 0 aromatic heterocycles. The Morgan fingerprint density at radius 3 is 2.50 bits per heavy atom. The van der Waals surface area contributed by atoms with Gasteiger partial charge in [-0.05, 0) is 37.0 Å². The standard InChI is InChI=1S/C16H21ClN2O3/c1-22-16(21)19-10-8-14(9-11-19)18-15(20)7-4-12-2-5-13(17)6-3-12/h2-3,5-6,14H,4,7-11H2,1H3,(H,18,20). The zero-order chi connectivity index (χ0) is 15.9. The molecule has 0 bridgehead atoms. The summed E-state index contributed by atoms with van der Waals surface area (Å²) in [6, 6.07) is 7.67. The fourth-order valence-electron chi connectivity index (χ4n) is 2.54. The van der Waals surface area contributed by atoms with Crippen molar-refractivity contribution in [2.75, 3.05) is 20.2 Å². The lowest BCUT2D eigenvalue weighted by atomic mass is 10.0. The van der Waals surface area contributed by atoms with Crippen molar-refractivity contribution in [2.24, 2.45) is 0 Å². The maximum Gasteiger partial charge on any atom is 0.409 e. The van der Waals surface area contributed by atoms with E-state index in [0.717, 1.165) is 18.4 Å². The van der Waals surface area contributed by atoms with Crippen LogP contribution >= 0.6 is 11.6 Å². The molecule has 1 heterocycles. The highest BCUT2D eigenvalue weighted by molar-refractivity contribution is 6.30. The summed E-state index contributed by atoms with van der Waals surface area (Å²) in [7, 11) is 1.38. The van der Waals surface area contributed by atoms with Crippen molar-refractivity contribution in [1.29, 1.82) is 0 Å². The molecule has 0 unspecified atom stereocenters. The highest BCUT2D eigenvalue weighted by Crippen LogP contribution is 2.13. The summed E-state index contributed by atoms with van der Waals surface area (Å²) in [5.41, 5.74) is 1.10. The van der Waals surface area contributed by atoms with Crippen molar-refractivity contribution < 1.29 is 14.3 Å². The second-order valence-electron chi connectivity index (χ2n) is 5.43. The number of ether oxygens (including phenoxy) is 1. The molecule has 1 aliphatic rings. The van der Waals surface area contributed by atoms with E-state index in [2.05, 4.69) is 5.32 Å². The first-order chi connectivity index (χ1) is 10.6. The smallest absolute Gasteiger partial charge is 0.409 e. The molecule has 1 aliphatic heterocycles. The number of rotatable bonds is 4. The molecule has 120 valence electrons. The third-order valence-electron chi connectivity index (χ3n) is 3.85. The number of carbonyl (C=O) groups is 2. The minimum Gasteiger partial charge on any atom is -0.453 e. The van der Waals surface area contributed by atoms with Crippen molar-refractivity contribution in [2.45, 2.75) is 31.7 Å². The number of halogens is 1. The first-order valence-electron chi connectivity index (χ1n) is 7.45. The van der Waals surface area contributed by atoms with E-state index in [9.17, 15) is 9.59 Å². The van der Waals surface area contributed by atoms with Crippen LogP contribution in [0, 0.1) is 0 Å². The van der Waals surface area contributed by atoms with Crippen LogP contribution in [0.1, 0.15) is 24.8 Å². The molecule has 1 saturated heterocycles. The number of piperidine rings is 1. The Balaban J connectivity index is 1.69. The number of likely N-dealkylation sites (tertiary alicyclic amines) is 1. The van der Waals surface area contributed by atoms with Crippen molar-refractivity contribution >= 4 is 23.6 Å². The lowest BCUT2D eigenvalue weighted by Gasteiger charge is -2.31. The fraction of sp³-hybridized carbons (Fsp3) is 0.500. The van der Waals surface area contributed by atoms with Gasteiger partial charge in [0.25, 0.3) is 0 Å². The van der Waals surface area contributed by atoms with Gasteiger partial charge in [0.2, 0.25) is 5.91 Å². The summed E-state index contributed by atoms with van der Waals surface area (Å²) in [6.07, 6.45) is 2.39. The maximum absolute atomic E-state index is 12.0. The third-order valence-corrected chi connectivity index (χ3v) is 4.10. The van der Waals surface area contributed by atoms with Gasteiger partial charge in [0, 0.05) is 30.6 Å². The molecule has 1 aromatic carbocycles. The quantitative estimate of drug-likeness (QED) is 0.926. The van der Waals surface area contributed by atoms with Gasteiger partial charge in [-0.3, -0.25) is 4.79 Å². The van der Waals surface area contributed by atoms with Gasteiger partial charge in [0.15, 0.2) is 0 Å². The Labute approximate surface area is 135 Å². The van der Waals surface area contributed by atoms with Crippen molar-refractivity contribution in [3.05, 3.63) is 34.9 Å². The number of hydrogen-bond acceptors (Lipinski definition) is 3. The highest BCUT2D eigenvalue weighted by atomic mass is 35.5. The summed E-state index contributed by atoms with van der Waals surface area (Å²) >= 11 is 5.83. The monoisotopic (exact) mass is 324 g/mol. The summed E-state index contributed by atoms with van der Waals surface area (Å²) in [5, 5.41) is 3.73. The van der Waals surface area contributed by atoms with E-state index in [1.165, 1.54) is 7.11 Å². The second-order valence-corrected chi connectivity index (χ2v) is 5.86. The van der Waals surface area contributed by atoms with Crippen molar-refractivity contribution in [1.82, 2.24) is 10.2 Å². The molecule has 0 radical (unpaired) electrons. The van der Waals surface area contributed by atoms with Crippen LogP contribution in [0.3, 0.4) is 0 Å². The molecule has 6 heteroatoms. The maximum atomic E-state index is 12.0. The first-order valence-corrected chi connectivity index (χ1v) is 7.83. The van der Waals surface area contributed by atoms with Crippen molar-refractivity contribution in [3.63, 3.8) is 0 Å². The van der Waals surface area contributed by atoms with Crippen LogP contribution in [0.4, 0.5) is 4.79 Å². The minimum absolute atomic E-state index is 0.0477. The Morgan fingerprint density at radius 1 is 1.27 bits per heavy atom. The summed E-state index contributed by atoms with van der Waals surface area (Å²) < 4.78 is 4.69. The molecule has 0 saturated carbocycles. The molecule has 22 heavy (non-hydrogen) atoms. The Hall–Kier alpha value is -1.75. The fourth-order valence-corrected chi connectivity index (χ4v) is 2.67. The second kappa shape index (κ2) is 8.03. The Kier molecular flexibility index (Phi) is 6.07. The molecule has 0 spiro atoms. The summed E-state index contributed by atoms with van der Waals surface area (Å²) in [4.78, 5) is 25.0. The molecule has 0 aliphatic carbocycles. The lowest BCUT2D eigenvalue weighted by Crippen LogP contribution is -2.46. The van der Waals surface area contributed by atoms with Crippen LogP contribution in [0.15, 0.2) is 24.3 Å². The van der Waals surface area contributed by atoms with Gasteiger partial charge in [0.05, 0.1) is 7.11 Å². The SMILES string of the molecule is COC(=O)N1CCC(NC(=O)CCc2ccc(Cl)cc2)CC1. The third kappa shape index (κ3) is 4.91. The van der Waals surface area contributed by atoms with Gasteiger partial charge >= 0.3 is 6.09 Å². The zero-order valence-corrected chi connectivity index (χ0v) is 13.4. The Bertz CT molecular complexity index is 511. The average molecular weight is 325 g/mol. The van der Waals surface area contributed by atoms with E-state index in [-0.39, 0.29) is 18.0 Å². The van der Waals surface area contributed by atoms with Crippen LogP contribution in [0.5, 0.6) is 0 Å². The van der Waals surface area contributed by atoms with Crippen LogP contribution < -0.4 is 5.32 Å². The predicted octanol–water partition coefficient (Wildman–Crippen LogP) is 2.62. The van der Waals surface area contributed by atoms with Gasteiger partial charge in [-0.2, -0.15) is 0 Å². The zero-order valence-electron chi connectivity index (χ0n) is 12.7. The van der Waals surface area contributed by atoms with Crippen LogP contribution in [-0.4, -0.2) is 43.1 Å². The average Bonchev–Trinajstić information content (AvgIpc) is 2.54.